The molecule has 5 heteroatoms. The van der Waals surface area contributed by atoms with E-state index >= 15 is 0 Å². The fourth-order valence-corrected chi connectivity index (χ4v) is 1.27. The molecule has 78 valence electrons. The number of anilines is 1. The van der Waals surface area contributed by atoms with Crippen molar-refractivity contribution >= 4 is 17.5 Å². The van der Waals surface area contributed by atoms with Crippen LogP contribution in [-0.2, 0) is 4.74 Å². The van der Waals surface area contributed by atoms with E-state index in [-0.39, 0.29) is 0 Å². The Hall–Kier alpha value is -0.870. The van der Waals surface area contributed by atoms with Crippen molar-refractivity contribution < 1.29 is 4.74 Å². The van der Waals surface area contributed by atoms with Gasteiger partial charge in [-0.1, -0.05) is 0 Å². The van der Waals surface area contributed by atoms with Crippen LogP contribution in [0.25, 0.3) is 0 Å². The summed E-state index contributed by atoms with van der Waals surface area (Å²) in [5, 5.41) is 0. The van der Waals surface area contributed by atoms with Crippen LogP contribution in [0.2, 0.25) is 0 Å². The molecular weight excluding hydrogens is 202 g/mol. The van der Waals surface area contributed by atoms with Crippen molar-refractivity contribution in [2.75, 3.05) is 37.6 Å². The highest BCUT2D eigenvalue weighted by Crippen LogP contribution is 2.04. The Morgan fingerprint density at radius 1 is 1.36 bits per heavy atom. The summed E-state index contributed by atoms with van der Waals surface area (Å²) in [4.78, 5) is 10.3. The molecule has 0 aliphatic heterocycles. The topological polar surface area (TPSA) is 38.2 Å². The van der Waals surface area contributed by atoms with Crippen LogP contribution in [-0.4, -0.2) is 42.7 Å². The summed E-state index contributed by atoms with van der Waals surface area (Å²) in [6.45, 7) is 2.14. The van der Waals surface area contributed by atoms with E-state index in [1.807, 2.05) is 4.90 Å². The van der Waals surface area contributed by atoms with Crippen LogP contribution in [0.15, 0.2) is 18.5 Å². The van der Waals surface area contributed by atoms with Crippen LogP contribution < -0.4 is 4.90 Å². The minimum absolute atomic E-state index is 0.558. The summed E-state index contributed by atoms with van der Waals surface area (Å²) in [5.41, 5.74) is 0. The highest BCUT2D eigenvalue weighted by atomic mass is 35.5. The first-order valence-corrected chi connectivity index (χ1v) is 4.99. The molecule has 0 aliphatic rings. The van der Waals surface area contributed by atoms with Gasteiger partial charge in [0.2, 0.25) is 5.95 Å². The molecule has 0 aromatic carbocycles. The van der Waals surface area contributed by atoms with E-state index < -0.39 is 0 Å². The average Bonchev–Trinajstić information content (AvgIpc) is 2.25. The third-order valence-corrected chi connectivity index (χ3v) is 1.92. The number of ether oxygens (including phenoxy) is 1. The maximum atomic E-state index is 5.69. The number of aromatic nitrogens is 2. The van der Waals surface area contributed by atoms with Gasteiger partial charge in [-0.2, -0.15) is 0 Å². The second kappa shape index (κ2) is 6.56. The van der Waals surface area contributed by atoms with E-state index in [1.54, 1.807) is 25.6 Å². The van der Waals surface area contributed by atoms with Crippen LogP contribution >= 0.6 is 11.6 Å². The van der Waals surface area contributed by atoms with Crippen LogP contribution in [0.5, 0.6) is 0 Å². The van der Waals surface area contributed by atoms with E-state index in [1.165, 1.54) is 0 Å². The zero-order chi connectivity index (χ0) is 10.2. The zero-order valence-electron chi connectivity index (χ0n) is 8.19. The van der Waals surface area contributed by atoms with E-state index in [0.29, 0.717) is 18.4 Å². The van der Waals surface area contributed by atoms with Gasteiger partial charge in [0.05, 0.1) is 6.61 Å². The Kier molecular flexibility index (Phi) is 5.25. The number of alkyl halides is 1. The van der Waals surface area contributed by atoms with Crippen molar-refractivity contribution in [2.24, 2.45) is 0 Å². The molecule has 1 aromatic rings. The molecule has 1 aromatic heterocycles. The molecule has 0 bridgehead atoms. The molecule has 0 saturated carbocycles. The minimum atomic E-state index is 0.558. The van der Waals surface area contributed by atoms with Crippen molar-refractivity contribution in [2.45, 2.75) is 0 Å². The maximum Gasteiger partial charge on any atom is 0.225 e. The molecule has 0 N–H and O–H groups in total. The van der Waals surface area contributed by atoms with Gasteiger partial charge < -0.3 is 9.64 Å². The molecule has 0 radical (unpaired) electrons. The van der Waals surface area contributed by atoms with Gasteiger partial charge in [0, 0.05) is 38.5 Å². The molecule has 0 amide bonds. The number of halogens is 1. The van der Waals surface area contributed by atoms with Crippen molar-refractivity contribution in [3.63, 3.8) is 0 Å². The molecule has 1 heterocycles. The van der Waals surface area contributed by atoms with Crippen molar-refractivity contribution in [1.82, 2.24) is 9.97 Å². The number of hydrogen-bond acceptors (Lipinski definition) is 4. The molecular formula is C9H14ClN3O. The van der Waals surface area contributed by atoms with E-state index in [0.717, 1.165) is 13.1 Å². The first-order valence-electron chi connectivity index (χ1n) is 4.45. The lowest BCUT2D eigenvalue weighted by molar-refractivity contribution is 0.205. The standard InChI is InChI=1S/C9H14ClN3O/c1-14-8-7-13(6-3-10)9-11-4-2-5-12-9/h2,4-5H,3,6-8H2,1H3. The second-order valence-corrected chi connectivity index (χ2v) is 3.10. The zero-order valence-corrected chi connectivity index (χ0v) is 8.94. The largest absolute Gasteiger partial charge is 0.383 e. The average molecular weight is 216 g/mol. The van der Waals surface area contributed by atoms with Gasteiger partial charge in [-0.15, -0.1) is 11.6 Å². The number of hydrogen-bond donors (Lipinski definition) is 0. The van der Waals surface area contributed by atoms with E-state index in [2.05, 4.69) is 9.97 Å². The predicted octanol–water partition coefficient (Wildman–Crippen LogP) is 1.17. The van der Waals surface area contributed by atoms with Crippen LogP contribution in [0.4, 0.5) is 5.95 Å². The molecule has 4 nitrogen and oxygen atoms in total. The quantitative estimate of drug-likeness (QED) is 0.668. The maximum absolute atomic E-state index is 5.69. The number of rotatable bonds is 6. The summed E-state index contributed by atoms with van der Waals surface area (Å²) in [5.74, 6) is 1.26. The Labute approximate surface area is 88.9 Å². The molecule has 14 heavy (non-hydrogen) atoms. The summed E-state index contributed by atoms with van der Waals surface area (Å²) >= 11 is 5.69. The molecule has 0 saturated heterocycles. The lowest BCUT2D eigenvalue weighted by Crippen LogP contribution is -2.30. The monoisotopic (exact) mass is 215 g/mol. The molecule has 0 aliphatic carbocycles. The van der Waals surface area contributed by atoms with Crippen LogP contribution in [0.3, 0.4) is 0 Å². The van der Waals surface area contributed by atoms with Crippen LogP contribution in [0.1, 0.15) is 0 Å². The summed E-state index contributed by atoms with van der Waals surface area (Å²) in [6, 6.07) is 1.79. The molecule has 0 atom stereocenters. The Bertz CT molecular complexity index is 245. The first kappa shape index (κ1) is 11.2. The highest BCUT2D eigenvalue weighted by molar-refractivity contribution is 6.18. The lowest BCUT2D eigenvalue weighted by atomic mass is 10.5. The lowest BCUT2D eigenvalue weighted by Gasteiger charge is -2.20. The smallest absolute Gasteiger partial charge is 0.225 e. The van der Waals surface area contributed by atoms with Gasteiger partial charge >= 0.3 is 0 Å². The highest BCUT2D eigenvalue weighted by Gasteiger charge is 2.06. The van der Waals surface area contributed by atoms with Crippen LogP contribution in [0, 0.1) is 0 Å². The second-order valence-electron chi connectivity index (χ2n) is 2.72. The molecule has 0 spiro atoms. The molecule has 1 rings (SSSR count). The Morgan fingerprint density at radius 2 is 2.07 bits per heavy atom. The first-order chi connectivity index (χ1) is 6.88. The number of methoxy groups -OCH3 is 1. The Morgan fingerprint density at radius 3 is 2.64 bits per heavy atom. The molecule has 0 fully saturated rings. The fraction of sp³-hybridized carbons (Fsp3) is 0.556. The predicted molar refractivity (Wildman–Crippen MR) is 56.8 cm³/mol. The SMILES string of the molecule is COCCN(CCCl)c1ncccn1. The minimum Gasteiger partial charge on any atom is -0.383 e. The van der Waals surface area contributed by atoms with Crippen molar-refractivity contribution in [3.8, 4) is 0 Å². The third kappa shape index (κ3) is 3.47. The normalized spacial score (nSPS) is 10.1. The van der Waals surface area contributed by atoms with Gasteiger partial charge in [0.25, 0.3) is 0 Å². The van der Waals surface area contributed by atoms with Gasteiger partial charge in [0.1, 0.15) is 0 Å². The van der Waals surface area contributed by atoms with Gasteiger partial charge in [0.15, 0.2) is 0 Å². The van der Waals surface area contributed by atoms with Crippen molar-refractivity contribution in [3.05, 3.63) is 18.5 Å². The summed E-state index contributed by atoms with van der Waals surface area (Å²) < 4.78 is 5.00. The summed E-state index contributed by atoms with van der Waals surface area (Å²) in [7, 11) is 1.67. The van der Waals surface area contributed by atoms with Gasteiger partial charge in [-0.05, 0) is 6.07 Å². The van der Waals surface area contributed by atoms with E-state index in [9.17, 15) is 0 Å². The fourth-order valence-electron chi connectivity index (χ4n) is 1.07. The Balaban J connectivity index is 2.58. The molecule has 0 unspecified atom stereocenters. The van der Waals surface area contributed by atoms with Crippen molar-refractivity contribution in [1.29, 1.82) is 0 Å². The number of nitrogens with zero attached hydrogens (tertiary/aromatic N) is 3. The van der Waals surface area contributed by atoms with Gasteiger partial charge in [-0.3, -0.25) is 0 Å². The van der Waals surface area contributed by atoms with E-state index in [4.69, 9.17) is 16.3 Å². The summed E-state index contributed by atoms with van der Waals surface area (Å²) in [6.07, 6.45) is 3.44. The van der Waals surface area contributed by atoms with Gasteiger partial charge in [-0.25, -0.2) is 9.97 Å². The third-order valence-electron chi connectivity index (χ3n) is 1.75.